The number of sulfonamides is 1. The maximum Gasteiger partial charge on any atom is 0.221 e. The lowest BCUT2D eigenvalue weighted by Gasteiger charge is -2.24. The van der Waals surface area contributed by atoms with Gasteiger partial charge in [-0.2, -0.15) is 4.31 Å². The fraction of sp³-hybridized carbons (Fsp3) is 0.833. The quantitative estimate of drug-likeness (QED) is 0.531. The van der Waals surface area contributed by atoms with Crippen LogP contribution in [-0.4, -0.2) is 51.1 Å². The summed E-state index contributed by atoms with van der Waals surface area (Å²) in [6, 6.07) is 0. The molecule has 1 fully saturated rings. The monoisotopic (exact) mass is 193 g/mol. The highest BCUT2D eigenvalue weighted by molar-refractivity contribution is 7.89. The maximum absolute atomic E-state index is 11.2. The van der Waals surface area contributed by atoms with Gasteiger partial charge < -0.3 is 9.53 Å². The second-order valence-corrected chi connectivity index (χ2v) is 4.47. The van der Waals surface area contributed by atoms with Crippen LogP contribution in [0.4, 0.5) is 0 Å². The Morgan fingerprint density at radius 3 is 2.42 bits per heavy atom. The lowest BCUT2D eigenvalue weighted by molar-refractivity contribution is -0.105. The molecule has 0 aromatic heterocycles. The lowest BCUT2D eigenvalue weighted by atomic mass is 10.5. The van der Waals surface area contributed by atoms with Gasteiger partial charge in [-0.1, -0.05) is 0 Å². The number of carbonyl (C=O) groups excluding carboxylic acids is 1. The Morgan fingerprint density at radius 1 is 1.33 bits per heavy atom. The van der Waals surface area contributed by atoms with E-state index in [1.165, 1.54) is 4.31 Å². The van der Waals surface area contributed by atoms with E-state index in [4.69, 9.17) is 4.74 Å². The summed E-state index contributed by atoms with van der Waals surface area (Å²) in [6.07, 6.45) is 0.408. The van der Waals surface area contributed by atoms with Crippen LogP contribution < -0.4 is 0 Å². The molecule has 0 saturated carbocycles. The minimum Gasteiger partial charge on any atom is -0.379 e. The van der Waals surface area contributed by atoms with Crippen molar-refractivity contribution in [1.82, 2.24) is 4.31 Å². The Kier molecular flexibility index (Phi) is 3.19. The number of morpholine rings is 1. The number of ether oxygens (including phenoxy) is 1. The Balaban J connectivity index is 2.60. The average molecular weight is 193 g/mol. The van der Waals surface area contributed by atoms with Crippen LogP contribution in [0.25, 0.3) is 0 Å². The highest BCUT2D eigenvalue weighted by atomic mass is 32.2. The van der Waals surface area contributed by atoms with Gasteiger partial charge in [-0.15, -0.1) is 0 Å². The highest BCUT2D eigenvalue weighted by Gasteiger charge is 2.23. The van der Waals surface area contributed by atoms with E-state index in [0.29, 0.717) is 32.6 Å². The molecule has 0 atom stereocenters. The van der Waals surface area contributed by atoms with Crippen LogP contribution in [-0.2, 0) is 19.6 Å². The van der Waals surface area contributed by atoms with Crippen molar-refractivity contribution in [2.45, 2.75) is 0 Å². The van der Waals surface area contributed by atoms with Gasteiger partial charge in [0.15, 0.2) is 0 Å². The van der Waals surface area contributed by atoms with E-state index in [1.54, 1.807) is 0 Å². The van der Waals surface area contributed by atoms with Crippen molar-refractivity contribution in [2.75, 3.05) is 32.1 Å². The Bertz CT molecular complexity index is 242. The van der Waals surface area contributed by atoms with Gasteiger partial charge in [0.1, 0.15) is 12.0 Å². The van der Waals surface area contributed by atoms with Crippen LogP contribution in [0, 0.1) is 0 Å². The lowest BCUT2D eigenvalue weighted by Crippen LogP contribution is -2.42. The van der Waals surface area contributed by atoms with Crippen molar-refractivity contribution in [3.63, 3.8) is 0 Å². The van der Waals surface area contributed by atoms with Crippen molar-refractivity contribution < 1.29 is 17.9 Å². The first kappa shape index (κ1) is 9.63. The first-order valence-electron chi connectivity index (χ1n) is 3.66. The SMILES string of the molecule is O=CCS(=O)(=O)N1CCOCC1. The molecule has 0 N–H and O–H groups in total. The van der Waals surface area contributed by atoms with Crippen LogP contribution in [0.3, 0.4) is 0 Å². The molecule has 0 spiro atoms. The summed E-state index contributed by atoms with van der Waals surface area (Å²) in [6.45, 7) is 1.54. The van der Waals surface area contributed by atoms with Gasteiger partial charge in [0.2, 0.25) is 10.0 Å². The third-order valence-electron chi connectivity index (χ3n) is 1.64. The van der Waals surface area contributed by atoms with E-state index >= 15 is 0 Å². The fourth-order valence-corrected chi connectivity index (χ4v) is 2.10. The number of aldehydes is 1. The van der Waals surface area contributed by atoms with Gasteiger partial charge in [-0.3, -0.25) is 0 Å². The molecular formula is C6H11NO4S. The molecule has 0 aromatic carbocycles. The molecule has 1 saturated heterocycles. The topological polar surface area (TPSA) is 63.7 Å². The van der Waals surface area contributed by atoms with Gasteiger partial charge in [-0.25, -0.2) is 8.42 Å². The van der Waals surface area contributed by atoms with E-state index in [9.17, 15) is 13.2 Å². The molecule has 0 radical (unpaired) electrons. The normalized spacial score (nSPS) is 20.7. The minimum absolute atomic E-state index is 0.357. The molecule has 1 rings (SSSR count). The molecule has 1 aliphatic heterocycles. The van der Waals surface area contributed by atoms with Gasteiger partial charge in [0, 0.05) is 13.1 Å². The predicted octanol–water partition coefficient (Wildman–Crippen LogP) is -1.15. The number of hydrogen-bond donors (Lipinski definition) is 0. The smallest absolute Gasteiger partial charge is 0.221 e. The molecule has 5 nitrogen and oxygen atoms in total. The maximum atomic E-state index is 11.2. The van der Waals surface area contributed by atoms with Crippen molar-refractivity contribution in [1.29, 1.82) is 0 Å². The molecule has 0 amide bonds. The van der Waals surface area contributed by atoms with E-state index in [0.717, 1.165) is 0 Å². The summed E-state index contributed by atoms with van der Waals surface area (Å²) in [5, 5.41) is 0. The summed E-state index contributed by atoms with van der Waals surface area (Å²) < 4.78 is 28.7. The van der Waals surface area contributed by atoms with Crippen LogP contribution in [0.1, 0.15) is 0 Å². The zero-order valence-electron chi connectivity index (χ0n) is 6.60. The first-order valence-corrected chi connectivity index (χ1v) is 5.27. The van der Waals surface area contributed by atoms with Crippen LogP contribution in [0.2, 0.25) is 0 Å². The summed E-state index contributed by atoms with van der Waals surface area (Å²) in [4.78, 5) is 10.0. The van der Waals surface area contributed by atoms with E-state index in [1.807, 2.05) is 0 Å². The number of rotatable bonds is 3. The molecule has 1 aliphatic rings. The molecule has 1 heterocycles. The van der Waals surface area contributed by atoms with Crippen molar-refractivity contribution in [3.05, 3.63) is 0 Å². The van der Waals surface area contributed by atoms with E-state index in [-0.39, 0.29) is 0 Å². The Labute approximate surface area is 71.4 Å². The fourth-order valence-electron chi connectivity index (χ4n) is 1.02. The standard InChI is InChI=1S/C6H11NO4S/c8-3-6-12(9,10)7-1-4-11-5-2-7/h3H,1-2,4-6H2. The minimum atomic E-state index is -3.35. The second kappa shape index (κ2) is 3.97. The van der Waals surface area contributed by atoms with Crippen LogP contribution in [0.15, 0.2) is 0 Å². The average Bonchev–Trinajstić information content (AvgIpc) is 2.06. The van der Waals surface area contributed by atoms with Crippen LogP contribution >= 0.6 is 0 Å². The predicted molar refractivity (Wildman–Crippen MR) is 42.2 cm³/mol. The molecule has 0 unspecified atom stereocenters. The summed E-state index contributed by atoms with van der Waals surface area (Å²) in [5.74, 6) is -0.424. The molecule has 0 aliphatic carbocycles. The highest BCUT2D eigenvalue weighted by Crippen LogP contribution is 2.03. The molecule has 70 valence electrons. The second-order valence-electron chi connectivity index (χ2n) is 2.46. The zero-order valence-corrected chi connectivity index (χ0v) is 7.42. The van der Waals surface area contributed by atoms with E-state index in [2.05, 4.69) is 0 Å². The third-order valence-corrected chi connectivity index (χ3v) is 3.35. The molecule has 12 heavy (non-hydrogen) atoms. The molecular weight excluding hydrogens is 182 g/mol. The van der Waals surface area contributed by atoms with Gasteiger partial charge >= 0.3 is 0 Å². The number of hydrogen-bond acceptors (Lipinski definition) is 4. The van der Waals surface area contributed by atoms with Gasteiger partial charge in [-0.05, 0) is 0 Å². The van der Waals surface area contributed by atoms with Crippen molar-refractivity contribution >= 4 is 16.3 Å². The molecule has 0 bridgehead atoms. The molecule has 6 heteroatoms. The molecule has 0 aromatic rings. The number of carbonyl (C=O) groups is 1. The van der Waals surface area contributed by atoms with Gasteiger partial charge in [0.05, 0.1) is 13.2 Å². The zero-order chi connectivity index (χ0) is 9.03. The first-order chi connectivity index (χ1) is 5.67. The number of nitrogens with zero attached hydrogens (tertiary/aromatic N) is 1. The summed E-state index contributed by atoms with van der Waals surface area (Å²) >= 11 is 0. The Morgan fingerprint density at radius 2 is 1.92 bits per heavy atom. The summed E-state index contributed by atoms with van der Waals surface area (Å²) in [7, 11) is -3.35. The summed E-state index contributed by atoms with van der Waals surface area (Å²) in [5.41, 5.74) is 0. The largest absolute Gasteiger partial charge is 0.379 e. The van der Waals surface area contributed by atoms with E-state index < -0.39 is 15.8 Å². The van der Waals surface area contributed by atoms with Crippen molar-refractivity contribution in [3.8, 4) is 0 Å². The third kappa shape index (κ3) is 2.26. The Hall–Kier alpha value is -0.460. The van der Waals surface area contributed by atoms with Crippen LogP contribution in [0.5, 0.6) is 0 Å². The van der Waals surface area contributed by atoms with Gasteiger partial charge in [0.25, 0.3) is 0 Å². The van der Waals surface area contributed by atoms with Crippen molar-refractivity contribution in [2.24, 2.45) is 0 Å².